The van der Waals surface area contributed by atoms with Crippen molar-refractivity contribution in [2.75, 3.05) is 16.8 Å². The number of fused-ring (bicyclic) bond motifs is 1. The molecule has 13 heteroatoms. The number of carbonyl (C=O) groups excluding carboxylic acids is 1. The predicted octanol–water partition coefficient (Wildman–Crippen LogP) is 3.36. The highest BCUT2D eigenvalue weighted by atomic mass is 32.1. The van der Waals surface area contributed by atoms with E-state index in [9.17, 15) is 26.7 Å². The van der Waals surface area contributed by atoms with Crippen LogP contribution in [0.1, 0.15) is 24.4 Å². The van der Waals surface area contributed by atoms with Crippen LogP contribution in [-0.4, -0.2) is 44.0 Å². The van der Waals surface area contributed by atoms with Gasteiger partial charge in [0.15, 0.2) is 16.5 Å². The SMILES string of the molecule is O=C1CC(c2cc(F)ccc2F)N(c2ccn3nc(F)c(NC(=S)NC4CC4(F)F)c3n2)C1. The summed E-state index contributed by atoms with van der Waals surface area (Å²) in [6, 6.07) is 2.48. The summed E-state index contributed by atoms with van der Waals surface area (Å²) in [6.45, 7) is -0.111. The van der Waals surface area contributed by atoms with Gasteiger partial charge >= 0.3 is 0 Å². The van der Waals surface area contributed by atoms with Crippen molar-refractivity contribution in [2.45, 2.75) is 30.8 Å². The summed E-state index contributed by atoms with van der Waals surface area (Å²) in [5, 5.41) is 8.34. The minimum atomic E-state index is -2.87. The summed E-state index contributed by atoms with van der Waals surface area (Å²) in [7, 11) is 0. The number of aromatic nitrogens is 3. The van der Waals surface area contributed by atoms with E-state index >= 15 is 0 Å². The lowest BCUT2D eigenvalue weighted by molar-refractivity contribution is -0.116. The molecule has 1 saturated heterocycles. The van der Waals surface area contributed by atoms with E-state index in [4.69, 9.17) is 12.2 Å². The molecule has 2 aliphatic rings. The predicted molar refractivity (Wildman–Crippen MR) is 112 cm³/mol. The summed E-state index contributed by atoms with van der Waals surface area (Å²) in [5.74, 6) is -5.19. The van der Waals surface area contributed by atoms with E-state index in [0.717, 1.165) is 22.7 Å². The van der Waals surface area contributed by atoms with Crippen LogP contribution in [0.3, 0.4) is 0 Å². The van der Waals surface area contributed by atoms with Crippen LogP contribution in [0.4, 0.5) is 33.5 Å². The lowest BCUT2D eigenvalue weighted by Crippen LogP contribution is -2.33. The van der Waals surface area contributed by atoms with Crippen molar-refractivity contribution in [2.24, 2.45) is 0 Å². The zero-order valence-corrected chi connectivity index (χ0v) is 17.5. The van der Waals surface area contributed by atoms with Gasteiger partial charge in [-0.1, -0.05) is 0 Å². The molecule has 0 radical (unpaired) electrons. The topological polar surface area (TPSA) is 74.6 Å². The first-order chi connectivity index (χ1) is 15.6. The summed E-state index contributed by atoms with van der Waals surface area (Å²) < 4.78 is 69.9. The van der Waals surface area contributed by atoms with Crippen molar-refractivity contribution in [1.29, 1.82) is 0 Å². The average Bonchev–Trinajstić information content (AvgIpc) is 3.05. The highest BCUT2D eigenvalue weighted by Gasteiger charge is 2.57. The van der Waals surface area contributed by atoms with Crippen LogP contribution in [0, 0.1) is 17.6 Å². The van der Waals surface area contributed by atoms with Gasteiger partial charge in [0.05, 0.1) is 18.6 Å². The fourth-order valence-corrected chi connectivity index (χ4v) is 4.06. The van der Waals surface area contributed by atoms with E-state index in [1.807, 2.05) is 0 Å². The number of ketones is 1. The van der Waals surface area contributed by atoms with Gasteiger partial charge in [0.1, 0.15) is 23.1 Å². The van der Waals surface area contributed by atoms with Crippen molar-refractivity contribution in [3.05, 3.63) is 53.6 Å². The standard InChI is InChI=1S/C20H15F5N6OS/c21-9-1-2-12(22)11(5-9)13-6-10(32)8-30(13)15-3-4-31-18(27-15)16(17(23)29-31)28-19(33)26-14-7-20(14,24)25/h1-5,13-14H,6-8H2,(H2,26,28,33). The van der Waals surface area contributed by atoms with E-state index in [1.54, 1.807) is 0 Å². The molecule has 3 aromatic rings. The number of halogens is 5. The summed E-state index contributed by atoms with van der Waals surface area (Å²) in [5.41, 5.74) is -0.289. The van der Waals surface area contributed by atoms with Crippen LogP contribution in [0.25, 0.3) is 5.65 Å². The van der Waals surface area contributed by atoms with Crippen molar-refractivity contribution < 1.29 is 26.7 Å². The van der Waals surface area contributed by atoms with Crippen LogP contribution in [0.15, 0.2) is 30.5 Å². The summed E-state index contributed by atoms with van der Waals surface area (Å²) in [6.07, 6.45) is 0.935. The smallest absolute Gasteiger partial charge is 0.270 e. The van der Waals surface area contributed by atoms with Gasteiger partial charge in [-0.3, -0.25) is 4.79 Å². The number of Topliss-reactive ketones (excluding diaryl/α,β-unsaturated/α-hetero) is 1. The zero-order chi connectivity index (χ0) is 23.5. The molecule has 1 saturated carbocycles. The molecule has 0 amide bonds. The van der Waals surface area contributed by atoms with Gasteiger partial charge in [-0.25, -0.2) is 27.1 Å². The Morgan fingerprint density at radius 2 is 1.97 bits per heavy atom. The molecule has 1 aromatic carbocycles. The third-order valence-corrected chi connectivity index (χ3v) is 5.77. The van der Waals surface area contributed by atoms with E-state index in [2.05, 4.69) is 20.7 Å². The number of benzene rings is 1. The van der Waals surface area contributed by atoms with Crippen molar-refractivity contribution >= 4 is 40.3 Å². The first kappa shape index (κ1) is 21.5. The maximum Gasteiger partial charge on any atom is 0.270 e. The zero-order valence-electron chi connectivity index (χ0n) is 16.7. The molecule has 7 nitrogen and oxygen atoms in total. The molecule has 2 fully saturated rings. The van der Waals surface area contributed by atoms with Gasteiger partial charge in [-0.15, -0.1) is 5.10 Å². The van der Waals surface area contributed by atoms with Crippen LogP contribution in [0.2, 0.25) is 0 Å². The Hall–Kier alpha value is -3.35. The first-order valence-corrected chi connectivity index (χ1v) is 10.3. The Labute approximate surface area is 188 Å². The molecule has 5 rings (SSSR count). The fraction of sp³-hybridized carbons (Fsp3) is 0.300. The van der Waals surface area contributed by atoms with Gasteiger partial charge in [-0.2, -0.15) is 4.39 Å². The molecule has 172 valence electrons. The van der Waals surface area contributed by atoms with Gasteiger partial charge < -0.3 is 15.5 Å². The number of rotatable bonds is 4. The van der Waals surface area contributed by atoms with Gasteiger partial charge in [-0.05, 0) is 36.5 Å². The molecule has 33 heavy (non-hydrogen) atoms. The van der Waals surface area contributed by atoms with Crippen LogP contribution in [0.5, 0.6) is 0 Å². The Bertz CT molecular complexity index is 1300. The summed E-state index contributed by atoms with van der Waals surface area (Å²) >= 11 is 4.99. The molecule has 0 bridgehead atoms. The second kappa shape index (κ2) is 7.61. The molecule has 2 unspecified atom stereocenters. The average molecular weight is 482 g/mol. The molecule has 2 atom stereocenters. The molecule has 0 spiro atoms. The van der Waals surface area contributed by atoms with Crippen molar-refractivity contribution in [3.8, 4) is 0 Å². The largest absolute Gasteiger partial charge is 0.353 e. The number of hydrogen-bond donors (Lipinski definition) is 2. The van der Waals surface area contributed by atoms with Crippen LogP contribution < -0.4 is 15.5 Å². The van der Waals surface area contributed by atoms with Gasteiger partial charge in [0, 0.05) is 24.6 Å². The lowest BCUT2D eigenvalue weighted by atomic mass is 10.0. The number of anilines is 2. The maximum absolute atomic E-state index is 14.5. The highest BCUT2D eigenvalue weighted by Crippen LogP contribution is 2.41. The number of nitrogens with zero attached hydrogens (tertiary/aromatic N) is 4. The first-order valence-electron chi connectivity index (χ1n) is 9.86. The maximum atomic E-state index is 14.5. The monoisotopic (exact) mass is 482 g/mol. The van der Waals surface area contributed by atoms with E-state index in [-0.39, 0.29) is 53.0 Å². The van der Waals surface area contributed by atoms with E-state index in [1.165, 1.54) is 17.2 Å². The van der Waals surface area contributed by atoms with Crippen molar-refractivity contribution in [3.63, 3.8) is 0 Å². The third kappa shape index (κ3) is 3.96. The number of nitrogens with one attached hydrogen (secondary N) is 2. The molecule has 1 aliphatic heterocycles. The number of carbonyl (C=O) groups is 1. The molecular weight excluding hydrogens is 467 g/mol. The molecular formula is C20H15F5N6OS. The Kier molecular flexibility index (Phi) is 4.96. The second-order valence-corrected chi connectivity index (χ2v) is 8.30. The van der Waals surface area contributed by atoms with Gasteiger partial charge in [0.2, 0.25) is 0 Å². The Morgan fingerprint density at radius 1 is 1.21 bits per heavy atom. The Balaban J connectivity index is 1.47. The number of thiocarbonyl (C=S) groups is 1. The second-order valence-electron chi connectivity index (χ2n) is 7.89. The quantitative estimate of drug-likeness (QED) is 0.437. The number of hydrogen-bond acceptors (Lipinski definition) is 5. The minimum absolute atomic E-state index is 0.00343. The van der Waals surface area contributed by atoms with Crippen molar-refractivity contribution in [1.82, 2.24) is 19.9 Å². The number of alkyl halides is 2. The van der Waals surface area contributed by atoms with E-state index in [0.29, 0.717) is 0 Å². The summed E-state index contributed by atoms with van der Waals surface area (Å²) in [4.78, 5) is 18.0. The van der Waals surface area contributed by atoms with E-state index < -0.39 is 35.6 Å². The van der Waals surface area contributed by atoms with Crippen LogP contribution in [-0.2, 0) is 4.79 Å². The highest BCUT2D eigenvalue weighted by molar-refractivity contribution is 7.80. The molecule has 2 N–H and O–H groups in total. The molecule has 2 aromatic heterocycles. The normalized spacial score (nSPS) is 21.5. The van der Waals surface area contributed by atoms with Gasteiger partial charge in [0.25, 0.3) is 11.9 Å². The Morgan fingerprint density at radius 3 is 2.70 bits per heavy atom. The fourth-order valence-electron chi connectivity index (χ4n) is 3.82. The third-order valence-electron chi connectivity index (χ3n) is 5.55. The minimum Gasteiger partial charge on any atom is -0.353 e. The molecule has 3 heterocycles. The lowest BCUT2D eigenvalue weighted by Gasteiger charge is -2.25. The van der Waals surface area contributed by atoms with Crippen LogP contribution >= 0.6 is 12.2 Å². The molecule has 1 aliphatic carbocycles.